The molecule has 4 heterocycles. The highest BCUT2D eigenvalue weighted by Gasteiger charge is 2.58. The highest BCUT2D eigenvalue weighted by Crippen LogP contribution is 2.46. The average Bonchev–Trinajstić information content (AvgIpc) is 3.74. The molecule has 242 valence electrons. The number of thiazole rings is 1. The summed E-state index contributed by atoms with van der Waals surface area (Å²) in [4.78, 5) is 57.9. The second-order valence-corrected chi connectivity index (χ2v) is 14.0. The molecule has 13 nitrogen and oxygen atoms in total. The second kappa shape index (κ2) is 14.3. The van der Waals surface area contributed by atoms with Gasteiger partial charge < -0.3 is 20.3 Å². The van der Waals surface area contributed by atoms with Crippen molar-refractivity contribution in [1.82, 2.24) is 35.4 Å². The number of rotatable bonds is 12. The Morgan fingerprint density at radius 2 is 1.87 bits per heavy atom. The van der Waals surface area contributed by atoms with Gasteiger partial charge in [-0.1, -0.05) is 95.4 Å². The van der Waals surface area contributed by atoms with Crippen LogP contribution in [0, 0.1) is 5.41 Å². The third-order valence-electron chi connectivity index (χ3n) is 7.66. The maximum atomic E-state index is 14.3. The molecule has 2 unspecified atom stereocenters. The van der Waals surface area contributed by atoms with E-state index in [0.717, 1.165) is 28.0 Å². The lowest BCUT2D eigenvalue weighted by atomic mass is 9.88. The number of nitrogens with zero attached hydrogens (tertiary/aromatic N) is 6. The van der Waals surface area contributed by atoms with Crippen LogP contribution in [-0.4, -0.2) is 83.8 Å². The van der Waals surface area contributed by atoms with Gasteiger partial charge in [0.05, 0.1) is 10.5 Å². The summed E-state index contributed by atoms with van der Waals surface area (Å²) in [6.45, 7) is 0.0804. The van der Waals surface area contributed by atoms with Crippen LogP contribution in [0.25, 0.3) is 5.57 Å². The van der Waals surface area contributed by atoms with Gasteiger partial charge in [0.1, 0.15) is 16.8 Å². The van der Waals surface area contributed by atoms with Gasteiger partial charge in [0, 0.05) is 36.8 Å². The lowest BCUT2D eigenvalue weighted by molar-refractivity contribution is -0.164. The summed E-state index contributed by atoms with van der Waals surface area (Å²) in [5.74, 6) is -0.785. The number of hydrogen-bond acceptors (Lipinski definition) is 12. The number of halogens is 1. The number of nitrogens with one attached hydrogen (secondary N) is 2. The van der Waals surface area contributed by atoms with E-state index in [4.69, 9.17) is 16.3 Å². The minimum Gasteiger partial charge on any atom is -0.452 e. The fourth-order valence-corrected chi connectivity index (χ4v) is 8.98. The molecule has 3 amide bonds. The van der Waals surface area contributed by atoms with Gasteiger partial charge in [-0.25, -0.2) is 9.67 Å². The summed E-state index contributed by atoms with van der Waals surface area (Å²) in [5, 5.41) is 17.3. The van der Waals surface area contributed by atoms with E-state index in [0.29, 0.717) is 27.3 Å². The summed E-state index contributed by atoms with van der Waals surface area (Å²) in [7, 11) is 1.71. The van der Waals surface area contributed by atoms with Gasteiger partial charge in [-0.3, -0.25) is 19.2 Å². The summed E-state index contributed by atoms with van der Waals surface area (Å²) < 4.78 is 7.85. The number of carbonyl (C=O) groups excluding carboxylic acids is 4. The fourth-order valence-electron chi connectivity index (χ4n) is 5.21. The van der Waals surface area contributed by atoms with Crippen molar-refractivity contribution in [2.24, 2.45) is 12.5 Å². The monoisotopic (exact) mass is 710 g/mol. The highest BCUT2D eigenvalue weighted by atomic mass is 35.5. The standard InChI is InChI=1S/C30H27ClN8O5S3/c1-38-29(35-36-37-38)46-16-30(27(43)44-23(18-8-4-2-5-9-18)19-10-6-3-7-11-19)14-39-25(42)22(26(39)45-15-30)34-24(41)20(12-31)21-13-32-28(47-21)33-17-40/h2-13,17,22-23,26H,14-16H2,1H3,(H,34,41)(H,32,33,40)/t22?,26-,30?/m1/s1. The Morgan fingerprint density at radius 3 is 2.49 bits per heavy atom. The smallest absolute Gasteiger partial charge is 0.316 e. The third kappa shape index (κ3) is 6.76. The number of β-lactam (4-membered cyclic amide) rings is 1. The lowest BCUT2D eigenvalue weighted by Crippen LogP contribution is -2.74. The lowest BCUT2D eigenvalue weighted by Gasteiger charge is -2.54. The van der Waals surface area contributed by atoms with Crippen LogP contribution in [0.5, 0.6) is 0 Å². The van der Waals surface area contributed by atoms with Crippen LogP contribution in [0.15, 0.2) is 77.6 Å². The maximum absolute atomic E-state index is 14.3. The zero-order valence-electron chi connectivity index (χ0n) is 24.7. The van der Waals surface area contributed by atoms with Crippen LogP contribution >= 0.6 is 46.5 Å². The van der Waals surface area contributed by atoms with Gasteiger partial charge in [0.25, 0.3) is 5.91 Å². The van der Waals surface area contributed by atoms with Crippen molar-refractivity contribution in [2.45, 2.75) is 22.7 Å². The third-order valence-corrected chi connectivity index (χ3v) is 11.7. The number of ether oxygens (including phenoxy) is 1. The number of thioether (sulfide) groups is 2. The van der Waals surface area contributed by atoms with Gasteiger partial charge in [-0.15, -0.1) is 16.9 Å². The quantitative estimate of drug-likeness (QED) is 0.0730. The molecule has 2 N–H and O–H groups in total. The molecule has 2 fully saturated rings. The zero-order chi connectivity index (χ0) is 33.0. The topological polar surface area (TPSA) is 161 Å². The minimum absolute atomic E-state index is 0.0804. The van der Waals surface area contributed by atoms with Crippen molar-refractivity contribution in [3.63, 3.8) is 0 Å². The second-order valence-electron chi connectivity index (χ2n) is 10.7. The molecule has 0 radical (unpaired) electrons. The number of carbonyl (C=O) groups is 4. The van der Waals surface area contributed by atoms with Gasteiger partial charge in [0.15, 0.2) is 11.2 Å². The molecule has 2 aromatic heterocycles. The summed E-state index contributed by atoms with van der Waals surface area (Å²) in [6.07, 6.45) is 1.23. The summed E-state index contributed by atoms with van der Waals surface area (Å²) in [5.41, 5.74) is 1.73. The Hall–Kier alpha value is -4.25. The number of esters is 1. The number of amides is 3. The van der Waals surface area contributed by atoms with E-state index in [-0.39, 0.29) is 23.8 Å². The van der Waals surface area contributed by atoms with E-state index < -0.39 is 34.8 Å². The Balaban J connectivity index is 1.21. The molecule has 4 aromatic rings. The van der Waals surface area contributed by atoms with Crippen LogP contribution in [0.2, 0.25) is 0 Å². The van der Waals surface area contributed by atoms with Gasteiger partial charge in [-0.05, 0) is 21.6 Å². The van der Waals surface area contributed by atoms with E-state index in [1.165, 1.54) is 34.4 Å². The Morgan fingerprint density at radius 1 is 1.17 bits per heavy atom. The molecule has 2 aliphatic rings. The Labute approximate surface area is 286 Å². The molecule has 2 aromatic carbocycles. The minimum atomic E-state index is -1.12. The number of tetrazole rings is 1. The van der Waals surface area contributed by atoms with Crippen LogP contribution in [-0.2, 0) is 31.0 Å². The molecule has 2 saturated heterocycles. The maximum Gasteiger partial charge on any atom is 0.316 e. The molecule has 2 aliphatic heterocycles. The molecular formula is C30H27ClN8O5S3. The first-order valence-corrected chi connectivity index (χ1v) is 17.5. The molecule has 0 saturated carbocycles. The molecule has 0 bridgehead atoms. The summed E-state index contributed by atoms with van der Waals surface area (Å²) >= 11 is 9.76. The first-order valence-electron chi connectivity index (χ1n) is 14.2. The molecule has 0 spiro atoms. The SMILES string of the molecule is Cn1nnnc1SCC1(C(=O)OC(c2ccccc2)c2ccccc2)CS[C@@H]2C(NC(=O)C(=CCl)c3cnc(NC=O)s3)C(=O)N2C1. The van der Waals surface area contributed by atoms with Crippen LogP contribution in [0.3, 0.4) is 0 Å². The molecular weight excluding hydrogens is 684 g/mol. The average molecular weight is 711 g/mol. The van der Waals surface area contributed by atoms with E-state index in [1.54, 1.807) is 11.9 Å². The number of anilines is 1. The van der Waals surface area contributed by atoms with Crippen molar-refractivity contribution in [2.75, 3.05) is 23.4 Å². The van der Waals surface area contributed by atoms with E-state index >= 15 is 0 Å². The van der Waals surface area contributed by atoms with Crippen LogP contribution in [0.4, 0.5) is 5.13 Å². The van der Waals surface area contributed by atoms with Crippen LogP contribution in [0.1, 0.15) is 22.1 Å². The van der Waals surface area contributed by atoms with Crippen LogP contribution < -0.4 is 10.6 Å². The van der Waals surface area contributed by atoms with E-state index in [1.807, 2.05) is 60.7 Å². The van der Waals surface area contributed by atoms with Gasteiger partial charge in [-0.2, -0.15) is 0 Å². The van der Waals surface area contributed by atoms with Crippen molar-refractivity contribution in [3.8, 4) is 0 Å². The van der Waals surface area contributed by atoms with Crippen molar-refractivity contribution >= 4 is 81.4 Å². The number of aromatic nitrogens is 5. The number of fused-ring (bicyclic) bond motifs is 1. The Bertz CT molecular complexity index is 1770. The molecule has 6 rings (SSSR count). The highest BCUT2D eigenvalue weighted by molar-refractivity contribution is 8.00. The Kier molecular flexibility index (Phi) is 9.91. The first kappa shape index (κ1) is 32.7. The van der Waals surface area contributed by atoms with E-state index in [2.05, 4.69) is 31.1 Å². The van der Waals surface area contributed by atoms with Crippen molar-refractivity contribution < 1.29 is 23.9 Å². The van der Waals surface area contributed by atoms with Gasteiger partial charge in [0.2, 0.25) is 17.5 Å². The fraction of sp³-hybridized carbons (Fsp3) is 0.267. The largest absolute Gasteiger partial charge is 0.452 e. The molecule has 47 heavy (non-hydrogen) atoms. The molecule has 0 aliphatic carbocycles. The predicted molar refractivity (Wildman–Crippen MR) is 178 cm³/mol. The normalized spacial score (nSPS) is 20.7. The van der Waals surface area contributed by atoms with Crippen molar-refractivity contribution in [1.29, 1.82) is 0 Å². The number of hydrogen-bond donors (Lipinski definition) is 2. The zero-order valence-corrected chi connectivity index (χ0v) is 27.9. The first-order chi connectivity index (χ1) is 22.8. The molecule has 17 heteroatoms. The number of benzene rings is 2. The summed E-state index contributed by atoms with van der Waals surface area (Å²) in [6, 6.07) is 18.2. The van der Waals surface area contributed by atoms with Gasteiger partial charge >= 0.3 is 5.97 Å². The predicted octanol–water partition coefficient (Wildman–Crippen LogP) is 3.33. The molecule has 3 atom stereocenters. The van der Waals surface area contributed by atoms with E-state index in [9.17, 15) is 19.2 Å². The van der Waals surface area contributed by atoms with Crippen molar-refractivity contribution in [3.05, 3.63) is 88.4 Å². The number of aryl methyl sites for hydroxylation is 1.